The number of nitrogens with one attached hydrogen (secondary N) is 1. The highest BCUT2D eigenvalue weighted by molar-refractivity contribution is 7.10. The van der Waals surface area contributed by atoms with Crippen molar-refractivity contribution in [3.8, 4) is 0 Å². The first-order valence-electron chi connectivity index (χ1n) is 6.76. The summed E-state index contributed by atoms with van der Waals surface area (Å²) >= 11 is 1.45. The minimum absolute atomic E-state index is 0.0256. The molecular weight excluding hydrogens is 276 g/mol. The maximum atomic E-state index is 12.1. The molecule has 1 aliphatic rings. The zero-order valence-corrected chi connectivity index (χ0v) is 12.6. The molecule has 110 valence electrons. The summed E-state index contributed by atoms with van der Waals surface area (Å²) in [5, 5.41) is 15.0. The Bertz CT molecular complexity index is 485. The number of rotatable bonds is 5. The Morgan fingerprint density at radius 1 is 1.65 bits per heavy atom. The fourth-order valence-electron chi connectivity index (χ4n) is 2.33. The molecule has 1 aromatic rings. The van der Waals surface area contributed by atoms with Crippen LogP contribution in [0.5, 0.6) is 0 Å². The van der Waals surface area contributed by atoms with E-state index in [0.717, 1.165) is 4.88 Å². The highest BCUT2D eigenvalue weighted by atomic mass is 32.1. The van der Waals surface area contributed by atoms with Gasteiger partial charge in [0.2, 0.25) is 11.8 Å². The van der Waals surface area contributed by atoms with Crippen molar-refractivity contribution in [2.45, 2.75) is 25.9 Å². The van der Waals surface area contributed by atoms with Crippen LogP contribution < -0.4 is 5.32 Å². The third-order valence-corrected chi connectivity index (χ3v) is 4.75. The predicted molar refractivity (Wildman–Crippen MR) is 77.3 cm³/mol. The average molecular weight is 296 g/mol. The van der Waals surface area contributed by atoms with Crippen molar-refractivity contribution in [1.29, 1.82) is 0 Å². The fourth-order valence-corrected chi connectivity index (χ4v) is 3.12. The normalized spacial score (nSPS) is 21.9. The lowest BCUT2D eigenvalue weighted by molar-refractivity contribution is -0.129. The summed E-state index contributed by atoms with van der Waals surface area (Å²) < 4.78 is 0. The zero-order valence-electron chi connectivity index (χ0n) is 11.8. The molecule has 1 aliphatic heterocycles. The maximum absolute atomic E-state index is 12.1. The average Bonchev–Trinajstić information content (AvgIpc) is 3.05. The van der Waals surface area contributed by atoms with E-state index in [4.69, 9.17) is 0 Å². The SMILES string of the molecule is CCN1CC(C(=O)NCC(C)(O)c2cccs2)CC1=O. The summed E-state index contributed by atoms with van der Waals surface area (Å²) in [6.07, 6.45) is 0.265. The van der Waals surface area contributed by atoms with Gasteiger partial charge in [-0.05, 0) is 25.3 Å². The van der Waals surface area contributed by atoms with Crippen molar-refractivity contribution in [2.75, 3.05) is 19.6 Å². The Morgan fingerprint density at radius 3 is 2.95 bits per heavy atom. The number of hydrogen-bond donors (Lipinski definition) is 2. The number of hydrogen-bond acceptors (Lipinski definition) is 4. The number of amides is 2. The minimum atomic E-state index is -1.07. The van der Waals surface area contributed by atoms with E-state index in [1.165, 1.54) is 11.3 Å². The van der Waals surface area contributed by atoms with Crippen molar-refractivity contribution >= 4 is 23.2 Å². The van der Waals surface area contributed by atoms with Gasteiger partial charge in [-0.25, -0.2) is 0 Å². The van der Waals surface area contributed by atoms with Gasteiger partial charge in [0.05, 0.1) is 12.5 Å². The second-order valence-electron chi connectivity index (χ2n) is 5.30. The van der Waals surface area contributed by atoms with Crippen LogP contribution in [-0.2, 0) is 15.2 Å². The van der Waals surface area contributed by atoms with Crippen LogP contribution >= 0.6 is 11.3 Å². The van der Waals surface area contributed by atoms with Crippen molar-refractivity contribution in [2.24, 2.45) is 5.92 Å². The quantitative estimate of drug-likeness (QED) is 0.849. The van der Waals surface area contributed by atoms with Gasteiger partial charge < -0.3 is 15.3 Å². The van der Waals surface area contributed by atoms with Crippen LogP contribution in [-0.4, -0.2) is 41.5 Å². The lowest BCUT2D eigenvalue weighted by atomic mass is 10.0. The third kappa shape index (κ3) is 3.19. The third-order valence-electron chi connectivity index (χ3n) is 3.63. The van der Waals surface area contributed by atoms with Gasteiger partial charge >= 0.3 is 0 Å². The molecular formula is C14H20N2O3S. The van der Waals surface area contributed by atoms with Gasteiger partial charge in [-0.3, -0.25) is 9.59 Å². The first kappa shape index (κ1) is 15.0. The molecule has 1 aromatic heterocycles. The number of carbonyl (C=O) groups is 2. The van der Waals surface area contributed by atoms with Crippen LogP contribution in [0.4, 0.5) is 0 Å². The monoisotopic (exact) mass is 296 g/mol. The summed E-state index contributed by atoms with van der Waals surface area (Å²) in [4.78, 5) is 26.2. The smallest absolute Gasteiger partial charge is 0.225 e. The van der Waals surface area contributed by atoms with E-state index < -0.39 is 5.60 Å². The second kappa shape index (κ2) is 5.93. The Hall–Kier alpha value is -1.40. The standard InChI is InChI=1S/C14H20N2O3S/c1-3-16-8-10(7-12(16)17)13(18)15-9-14(2,19)11-5-4-6-20-11/h4-6,10,19H,3,7-9H2,1-2H3,(H,15,18). The van der Waals surface area contributed by atoms with Gasteiger partial charge in [0, 0.05) is 24.4 Å². The van der Waals surface area contributed by atoms with Crippen molar-refractivity contribution in [1.82, 2.24) is 10.2 Å². The molecule has 1 fully saturated rings. The number of thiophene rings is 1. The van der Waals surface area contributed by atoms with Crippen LogP contribution in [0.15, 0.2) is 17.5 Å². The molecule has 2 unspecified atom stereocenters. The highest BCUT2D eigenvalue weighted by Crippen LogP contribution is 2.25. The molecule has 2 heterocycles. The van der Waals surface area contributed by atoms with E-state index in [1.807, 2.05) is 24.4 Å². The van der Waals surface area contributed by atoms with Gasteiger partial charge in [-0.15, -0.1) is 11.3 Å². The molecule has 20 heavy (non-hydrogen) atoms. The Morgan fingerprint density at radius 2 is 2.40 bits per heavy atom. The van der Waals surface area contributed by atoms with Crippen molar-refractivity contribution < 1.29 is 14.7 Å². The van der Waals surface area contributed by atoms with Gasteiger partial charge in [0.25, 0.3) is 0 Å². The molecule has 2 N–H and O–H groups in total. The van der Waals surface area contributed by atoms with Crippen LogP contribution in [0, 0.1) is 5.92 Å². The lowest BCUT2D eigenvalue weighted by Crippen LogP contribution is -2.41. The molecule has 2 atom stereocenters. The number of aliphatic hydroxyl groups is 1. The summed E-state index contributed by atoms with van der Waals surface area (Å²) in [7, 11) is 0. The van der Waals surface area contributed by atoms with Crippen LogP contribution in [0.25, 0.3) is 0 Å². The summed E-state index contributed by atoms with van der Waals surface area (Å²) in [5.41, 5.74) is -1.07. The molecule has 6 heteroatoms. The summed E-state index contributed by atoms with van der Waals surface area (Å²) in [6.45, 7) is 4.85. The molecule has 0 aliphatic carbocycles. The molecule has 0 aromatic carbocycles. The van der Waals surface area contributed by atoms with E-state index >= 15 is 0 Å². The number of nitrogens with zero attached hydrogens (tertiary/aromatic N) is 1. The molecule has 0 saturated carbocycles. The fraction of sp³-hybridized carbons (Fsp3) is 0.571. The largest absolute Gasteiger partial charge is 0.383 e. The second-order valence-corrected chi connectivity index (χ2v) is 6.25. The zero-order chi connectivity index (χ0) is 14.8. The molecule has 1 saturated heterocycles. The maximum Gasteiger partial charge on any atom is 0.225 e. The van der Waals surface area contributed by atoms with Gasteiger partial charge in [0.1, 0.15) is 5.60 Å². The Kier molecular flexibility index (Phi) is 4.45. The van der Waals surface area contributed by atoms with Crippen LogP contribution in [0.3, 0.4) is 0 Å². The van der Waals surface area contributed by atoms with Crippen molar-refractivity contribution in [3.05, 3.63) is 22.4 Å². The van der Waals surface area contributed by atoms with E-state index in [-0.39, 0.29) is 30.7 Å². The topological polar surface area (TPSA) is 69.6 Å². The van der Waals surface area contributed by atoms with Crippen LogP contribution in [0.2, 0.25) is 0 Å². The molecule has 0 radical (unpaired) electrons. The highest BCUT2D eigenvalue weighted by Gasteiger charge is 2.34. The Balaban J connectivity index is 1.88. The van der Waals surface area contributed by atoms with E-state index in [2.05, 4.69) is 5.32 Å². The molecule has 2 rings (SSSR count). The lowest BCUT2D eigenvalue weighted by Gasteiger charge is -2.23. The predicted octanol–water partition coefficient (Wildman–Crippen LogP) is 0.940. The van der Waals surface area contributed by atoms with E-state index in [0.29, 0.717) is 13.1 Å². The number of carbonyl (C=O) groups excluding carboxylic acids is 2. The van der Waals surface area contributed by atoms with Gasteiger partial charge in [-0.2, -0.15) is 0 Å². The molecule has 0 bridgehead atoms. The summed E-state index contributed by atoms with van der Waals surface area (Å²) in [5.74, 6) is -0.439. The molecule has 0 spiro atoms. The number of likely N-dealkylation sites (tertiary alicyclic amines) is 1. The first-order valence-corrected chi connectivity index (χ1v) is 7.64. The minimum Gasteiger partial charge on any atom is -0.383 e. The van der Waals surface area contributed by atoms with E-state index in [9.17, 15) is 14.7 Å². The Labute approximate surface area is 122 Å². The first-order chi connectivity index (χ1) is 9.44. The van der Waals surface area contributed by atoms with E-state index in [1.54, 1.807) is 11.8 Å². The van der Waals surface area contributed by atoms with Crippen LogP contribution in [0.1, 0.15) is 25.1 Å². The van der Waals surface area contributed by atoms with Gasteiger partial charge in [-0.1, -0.05) is 6.07 Å². The molecule has 2 amide bonds. The van der Waals surface area contributed by atoms with Gasteiger partial charge in [0.15, 0.2) is 0 Å². The van der Waals surface area contributed by atoms with Crippen molar-refractivity contribution in [3.63, 3.8) is 0 Å². The molecule has 5 nitrogen and oxygen atoms in total. The summed E-state index contributed by atoms with van der Waals surface area (Å²) in [6, 6.07) is 3.71.